The first-order valence-corrected chi connectivity index (χ1v) is 9.59. The van der Waals surface area contributed by atoms with Crippen molar-refractivity contribution in [3.8, 4) is 0 Å². The van der Waals surface area contributed by atoms with Crippen LogP contribution in [0.25, 0.3) is 0 Å². The SMILES string of the molecule is Cn1cc(C2CN(C(=O)C(C)(C)COCc3ccccc3)CC2(C)C)cn1. The lowest BCUT2D eigenvalue weighted by atomic mass is 9.79. The Labute approximate surface area is 162 Å². The minimum Gasteiger partial charge on any atom is -0.376 e. The van der Waals surface area contributed by atoms with Gasteiger partial charge in [0.1, 0.15) is 0 Å². The summed E-state index contributed by atoms with van der Waals surface area (Å²) in [5.74, 6) is 0.464. The molecule has 5 heteroatoms. The average molecular weight is 370 g/mol. The summed E-state index contributed by atoms with van der Waals surface area (Å²) in [5.41, 5.74) is 1.81. The molecule has 0 bridgehead atoms. The van der Waals surface area contributed by atoms with E-state index in [1.807, 2.05) is 67.0 Å². The van der Waals surface area contributed by atoms with Crippen molar-refractivity contribution >= 4 is 5.91 Å². The number of likely N-dealkylation sites (tertiary alicyclic amines) is 1. The van der Waals surface area contributed by atoms with E-state index in [9.17, 15) is 4.79 Å². The van der Waals surface area contributed by atoms with Gasteiger partial charge in [0.05, 0.1) is 24.8 Å². The van der Waals surface area contributed by atoms with Crippen LogP contribution in [0.3, 0.4) is 0 Å². The fourth-order valence-corrected chi connectivity index (χ4v) is 3.95. The molecule has 1 amide bonds. The Hall–Kier alpha value is -2.14. The third-order valence-corrected chi connectivity index (χ3v) is 5.51. The monoisotopic (exact) mass is 369 g/mol. The zero-order chi connectivity index (χ0) is 19.7. The molecule has 1 unspecified atom stereocenters. The van der Waals surface area contributed by atoms with Crippen LogP contribution in [0.2, 0.25) is 0 Å². The Morgan fingerprint density at radius 1 is 1.30 bits per heavy atom. The molecule has 3 rings (SSSR count). The lowest BCUT2D eigenvalue weighted by Gasteiger charge is -2.30. The molecule has 0 radical (unpaired) electrons. The van der Waals surface area contributed by atoms with Crippen molar-refractivity contribution in [2.24, 2.45) is 17.9 Å². The van der Waals surface area contributed by atoms with Gasteiger partial charge < -0.3 is 9.64 Å². The number of amides is 1. The second-order valence-electron chi connectivity index (χ2n) is 9.04. The standard InChI is InChI=1S/C22H31N3O2/c1-21(2)15-25(13-19(21)18-11-23-24(5)12-18)20(26)22(3,4)16-27-14-17-9-7-6-8-10-17/h6-12,19H,13-16H2,1-5H3. The van der Waals surface area contributed by atoms with Gasteiger partial charge in [-0.3, -0.25) is 9.48 Å². The van der Waals surface area contributed by atoms with Crippen LogP contribution in [0, 0.1) is 10.8 Å². The molecular weight excluding hydrogens is 338 g/mol. The van der Waals surface area contributed by atoms with Gasteiger partial charge in [-0.15, -0.1) is 0 Å². The molecule has 1 aliphatic heterocycles. The van der Waals surface area contributed by atoms with E-state index in [1.165, 1.54) is 5.56 Å². The summed E-state index contributed by atoms with van der Waals surface area (Å²) in [6.45, 7) is 10.9. The molecule has 0 aliphatic carbocycles. The summed E-state index contributed by atoms with van der Waals surface area (Å²) in [7, 11) is 1.93. The maximum atomic E-state index is 13.2. The average Bonchev–Trinajstić information content (AvgIpc) is 3.17. The van der Waals surface area contributed by atoms with Crippen molar-refractivity contribution in [1.29, 1.82) is 0 Å². The molecule has 0 saturated carbocycles. The van der Waals surface area contributed by atoms with Crippen molar-refractivity contribution < 1.29 is 9.53 Å². The summed E-state index contributed by atoms with van der Waals surface area (Å²) in [4.78, 5) is 15.2. The van der Waals surface area contributed by atoms with E-state index in [0.717, 1.165) is 18.7 Å². The van der Waals surface area contributed by atoms with Gasteiger partial charge in [-0.2, -0.15) is 5.10 Å². The van der Waals surface area contributed by atoms with Gasteiger partial charge in [-0.25, -0.2) is 0 Å². The van der Waals surface area contributed by atoms with Gasteiger partial charge in [-0.1, -0.05) is 44.2 Å². The molecule has 1 aliphatic rings. The maximum absolute atomic E-state index is 13.2. The summed E-state index contributed by atoms with van der Waals surface area (Å²) in [6, 6.07) is 10.1. The molecule has 146 valence electrons. The van der Waals surface area contributed by atoms with Crippen LogP contribution in [-0.4, -0.2) is 40.3 Å². The highest BCUT2D eigenvalue weighted by atomic mass is 16.5. The molecule has 1 saturated heterocycles. The van der Waals surface area contributed by atoms with Crippen LogP contribution in [0.15, 0.2) is 42.7 Å². The molecule has 5 nitrogen and oxygen atoms in total. The zero-order valence-corrected chi connectivity index (χ0v) is 17.1. The Morgan fingerprint density at radius 3 is 2.63 bits per heavy atom. The largest absolute Gasteiger partial charge is 0.376 e. The van der Waals surface area contributed by atoms with Crippen LogP contribution in [-0.2, 0) is 23.2 Å². The number of hydrogen-bond donors (Lipinski definition) is 0. The number of aryl methyl sites for hydroxylation is 1. The smallest absolute Gasteiger partial charge is 0.230 e. The number of rotatable bonds is 6. The number of benzene rings is 1. The van der Waals surface area contributed by atoms with Crippen molar-refractivity contribution in [3.63, 3.8) is 0 Å². The second-order valence-corrected chi connectivity index (χ2v) is 9.04. The molecule has 2 heterocycles. The topological polar surface area (TPSA) is 47.4 Å². The lowest BCUT2D eigenvalue weighted by molar-refractivity contribution is -0.143. The van der Waals surface area contributed by atoms with Gasteiger partial charge in [0.15, 0.2) is 0 Å². The van der Waals surface area contributed by atoms with Crippen molar-refractivity contribution in [2.45, 2.75) is 40.2 Å². The van der Waals surface area contributed by atoms with E-state index in [1.54, 1.807) is 0 Å². The van der Waals surface area contributed by atoms with E-state index in [2.05, 4.69) is 25.1 Å². The van der Waals surface area contributed by atoms with Crippen LogP contribution >= 0.6 is 0 Å². The van der Waals surface area contributed by atoms with E-state index in [-0.39, 0.29) is 11.3 Å². The predicted octanol–water partition coefficient (Wildman–Crippen LogP) is 3.62. The second kappa shape index (κ2) is 7.47. The Morgan fingerprint density at radius 2 is 2.00 bits per heavy atom. The number of carbonyl (C=O) groups excluding carboxylic acids is 1. The number of ether oxygens (including phenoxy) is 1. The molecular formula is C22H31N3O2. The molecule has 0 N–H and O–H groups in total. The Kier molecular flexibility index (Phi) is 5.43. The van der Waals surface area contributed by atoms with Gasteiger partial charge >= 0.3 is 0 Å². The first kappa shape index (κ1) is 19.6. The molecule has 1 atom stereocenters. The normalized spacial score (nSPS) is 19.4. The first-order valence-electron chi connectivity index (χ1n) is 9.59. The molecule has 1 aromatic heterocycles. The highest BCUT2D eigenvalue weighted by molar-refractivity contribution is 5.82. The third kappa shape index (κ3) is 4.41. The van der Waals surface area contributed by atoms with E-state index >= 15 is 0 Å². The summed E-state index contributed by atoms with van der Waals surface area (Å²) in [5, 5.41) is 4.31. The fourth-order valence-electron chi connectivity index (χ4n) is 3.95. The molecule has 0 spiro atoms. The Balaban J connectivity index is 1.62. The van der Waals surface area contributed by atoms with Crippen LogP contribution in [0.1, 0.15) is 44.7 Å². The predicted molar refractivity (Wildman–Crippen MR) is 106 cm³/mol. The number of carbonyl (C=O) groups is 1. The van der Waals surface area contributed by atoms with Gasteiger partial charge in [-0.05, 0) is 30.4 Å². The third-order valence-electron chi connectivity index (χ3n) is 5.51. The first-order chi connectivity index (χ1) is 12.7. The van der Waals surface area contributed by atoms with Crippen LogP contribution < -0.4 is 0 Å². The summed E-state index contributed by atoms with van der Waals surface area (Å²) in [6.07, 6.45) is 3.99. The van der Waals surface area contributed by atoms with Gasteiger partial charge in [0.25, 0.3) is 0 Å². The zero-order valence-electron chi connectivity index (χ0n) is 17.1. The van der Waals surface area contributed by atoms with Crippen molar-refractivity contribution in [1.82, 2.24) is 14.7 Å². The van der Waals surface area contributed by atoms with Crippen LogP contribution in [0.4, 0.5) is 0 Å². The summed E-state index contributed by atoms with van der Waals surface area (Å²) < 4.78 is 7.70. The highest BCUT2D eigenvalue weighted by Gasteiger charge is 2.45. The highest BCUT2D eigenvalue weighted by Crippen LogP contribution is 2.43. The van der Waals surface area contributed by atoms with E-state index < -0.39 is 5.41 Å². The minimum absolute atomic E-state index is 0.0274. The quantitative estimate of drug-likeness (QED) is 0.781. The summed E-state index contributed by atoms with van der Waals surface area (Å²) >= 11 is 0. The number of hydrogen-bond acceptors (Lipinski definition) is 3. The van der Waals surface area contributed by atoms with Gasteiger partial charge in [0.2, 0.25) is 5.91 Å². The molecule has 1 aromatic carbocycles. The molecule has 27 heavy (non-hydrogen) atoms. The van der Waals surface area contributed by atoms with Crippen molar-refractivity contribution in [2.75, 3.05) is 19.7 Å². The number of nitrogens with zero attached hydrogens (tertiary/aromatic N) is 3. The lowest BCUT2D eigenvalue weighted by Crippen LogP contribution is -2.42. The molecule has 1 fully saturated rings. The number of aromatic nitrogens is 2. The Bertz CT molecular complexity index is 780. The van der Waals surface area contributed by atoms with Crippen molar-refractivity contribution in [3.05, 3.63) is 53.9 Å². The van der Waals surface area contributed by atoms with Crippen LogP contribution in [0.5, 0.6) is 0 Å². The van der Waals surface area contributed by atoms with E-state index in [0.29, 0.717) is 19.1 Å². The molecule has 2 aromatic rings. The van der Waals surface area contributed by atoms with Gasteiger partial charge in [0, 0.05) is 32.3 Å². The fraction of sp³-hybridized carbons (Fsp3) is 0.545. The minimum atomic E-state index is -0.547. The van der Waals surface area contributed by atoms with E-state index in [4.69, 9.17) is 4.74 Å². The maximum Gasteiger partial charge on any atom is 0.230 e.